The van der Waals surface area contributed by atoms with Gasteiger partial charge < -0.3 is 15.7 Å². The van der Waals surface area contributed by atoms with E-state index in [1.807, 2.05) is 11.8 Å². The number of amides is 2. The number of azide groups is 1. The fourth-order valence-corrected chi connectivity index (χ4v) is 3.88. The number of carbonyl (C=O) groups is 2. The van der Waals surface area contributed by atoms with E-state index < -0.39 is 5.97 Å². The molecule has 3 atom stereocenters. The fourth-order valence-electron chi connectivity index (χ4n) is 2.33. The number of aliphatic carboxylic acids is 1. The molecule has 2 rings (SSSR count). The summed E-state index contributed by atoms with van der Waals surface area (Å²) in [4.78, 5) is 26.0. The summed E-state index contributed by atoms with van der Waals surface area (Å²) in [6.45, 7) is 0. The zero-order valence-corrected chi connectivity index (χ0v) is 13.0. The summed E-state index contributed by atoms with van der Waals surface area (Å²) in [7, 11) is 0.778. The van der Waals surface area contributed by atoms with Crippen molar-refractivity contribution in [2.24, 2.45) is 10.1 Å². The maximum Gasteiger partial charge on any atom is 0.325 e. The second kappa shape index (κ2) is 10.5. The Labute approximate surface area is 137 Å². The van der Waals surface area contributed by atoms with Gasteiger partial charge in [0.15, 0.2) is 0 Å². The minimum atomic E-state index is -0.729. The van der Waals surface area contributed by atoms with Gasteiger partial charge in [-0.25, -0.2) is 4.79 Å². The topological polar surface area (TPSA) is 176 Å². The number of fused-ring (bicyclic) bond motifs is 1. The maximum absolute atomic E-state index is 11.1. The highest BCUT2D eigenvalue weighted by Crippen LogP contribution is 2.33. The normalized spacial score (nSPS) is 23.8. The van der Waals surface area contributed by atoms with Crippen molar-refractivity contribution in [3.63, 3.8) is 0 Å². The Morgan fingerprint density at radius 2 is 2.04 bits per heavy atom. The number of thioether (sulfide) groups is 1. The molecule has 0 aromatic rings. The molecule has 2 fully saturated rings. The molecule has 2 aliphatic heterocycles. The number of carbonyl (C=O) groups excluding carboxylic acids is 1. The van der Waals surface area contributed by atoms with Gasteiger partial charge in [0.25, 0.3) is 0 Å². The molecule has 0 aliphatic carbocycles. The molecule has 2 heterocycles. The van der Waals surface area contributed by atoms with Crippen molar-refractivity contribution < 1.29 is 14.7 Å². The molecular formula is C10H16BN8O3S. The third-order valence-electron chi connectivity index (χ3n) is 3.27. The van der Waals surface area contributed by atoms with E-state index in [1.54, 1.807) is 0 Å². The van der Waals surface area contributed by atoms with Crippen molar-refractivity contribution in [3.8, 4) is 0 Å². The molecule has 2 aliphatic rings. The first-order chi connectivity index (χ1) is 11.1. The molecule has 2 amide bonds. The Balaban J connectivity index is 0.000000322. The molecule has 0 aromatic heterocycles. The average Bonchev–Trinajstić information content (AvgIpc) is 3.04. The lowest BCUT2D eigenvalue weighted by Gasteiger charge is -2.16. The van der Waals surface area contributed by atoms with Gasteiger partial charge in [0.2, 0.25) is 0 Å². The van der Waals surface area contributed by atoms with Crippen molar-refractivity contribution in [2.75, 3.05) is 5.75 Å². The fraction of sp³-hybridized carbons (Fsp3) is 0.800. The van der Waals surface area contributed by atoms with Gasteiger partial charge in [0.1, 0.15) is 0 Å². The highest BCUT2D eigenvalue weighted by atomic mass is 32.2. The van der Waals surface area contributed by atoms with Gasteiger partial charge in [-0.3, -0.25) is 4.79 Å². The largest absolute Gasteiger partial charge is 0.481 e. The van der Waals surface area contributed by atoms with Gasteiger partial charge in [-0.05, 0) is 33.7 Å². The number of urea groups is 1. The first kappa shape index (κ1) is 18.8. The van der Waals surface area contributed by atoms with Crippen LogP contribution in [0.1, 0.15) is 25.7 Å². The van der Waals surface area contributed by atoms with Gasteiger partial charge in [0.05, 0.1) is 12.1 Å². The third-order valence-corrected chi connectivity index (χ3v) is 4.78. The molecular weight excluding hydrogens is 323 g/mol. The molecule has 23 heavy (non-hydrogen) atoms. The first-order valence-electron chi connectivity index (χ1n) is 6.89. The SMILES string of the molecule is O=C(O)CCCC[C@@H]1SC[C@@H]2NC(=O)N[C@@H]21.[N-]=[N+]=N[B]N=[N+]=[N-]. The van der Waals surface area contributed by atoms with Crippen LogP contribution in [-0.2, 0) is 4.79 Å². The molecule has 3 N–H and O–H groups in total. The first-order valence-corrected chi connectivity index (χ1v) is 7.94. The predicted molar refractivity (Wildman–Crippen MR) is 85.6 cm³/mol. The van der Waals surface area contributed by atoms with E-state index in [1.165, 1.54) is 0 Å². The summed E-state index contributed by atoms with van der Waals surface area (Å²) in [5.41, 5.74) is 15.1. The van der Waals surface area contributed by atoms with Gasteiger partial charge in [-0.1, -0.05) is 6.42 Å². The number of nitrogens with one attached hydrogen (secondary N) is 2. The molecule has 11 nitrogen and oxygen atoms in total. The zero-order chi connectivity index (χ0) is 17.1. The average molecular weight is 339 g/mol. The van der Waals surface area contributed by atoms with Crippen LogP contribution < -0.4 is 10.6 Å². The monoisotopic (exact) mass is 339 g/mol. The minimum Gasteiger partial charge on any atom is -0.481 e. The second-order valence-electron chi connectivity index (χ2n) is 4.79. The van der Waals surface area contributed by atoms with Gasteiger partial charge >= 0.3 is 19.5 Å². The molecule has 1 radical (unpaired) electrons. The van der Waals surface area contributed by atoms with Crippen LogP contribution in [-0.4, -0.2) is 47.7 Å². The standard InChI is InChI=1S/C10H16N2O3S.BN6/c13-8(14)4-2-1-3-7-9-6(5-16-7)11-10(15)12-9;2-6-4-1-5-7-3/h6-7,9H,1-5H2,(H,13,14)(H2,11,12,15);/t6-,7-,9-;/m0./s1. The smallest absolute Gasteiger partial charge is 0.325 e. The Bertz CT molecular complexity index is 506. The summed E-state index contributed by atoms with van der Waals surface area (Å²) >= 11 is 1.87. The Morgan fingerprint density at radius 1 is 1.35 bits per heavy atom. The lowest BCUT2D eigenvalue weighted by molar-refractivity contribution is -0.137. The second-order valence-corrected chi connectivity index (χ2v) is 6.06. The predicted octanol–water partition coefficient (Wildman–Crippen LogP) is 1.94. The molecule has 0 unspecified atom stereocenters. The van der Waals surface area contributed by atoms with Crippen molar-refractivity contribution in [2.45, 2.75) is 43.0 Å². The van der Waals surface area contributed by atoms with Crippen LogP contribution in [0.5, 0.6) is 0 Å². The lowest BCUT2D eigenvalue weighted by Crippen LogP contribution is -2.36. The number of rotatable bonds is 7. The Kier molecular flexibility index (Phi) is 8.59. The van der Waals surface area contributed by atoms with Crippen LogP contribution in [0.25, 0.3) is 20.9 Å². The van der Waals surface area contributed by atoms with Gasteiger partial charge in [-0.2, -0.15) is 11.8 Å². The van der Waals surface area contributed by atoms with Crippen molar-refractivity contribution in [3.05, 3.63) is 20.9 Å². The van der Waals surface area contributed by atoms with E-state index in [4.69, 9.17) is 16.2 Å². The third kappa shape index (κ3) is 7.05. The summed E-state index contributed by atoms with van der Waals surface area (Å²) in [5, 5.41) is 20.4. The van der Waals surface area contributed by atoms with Crippen LogP contribution in [0.3, 0.4) is 0 Å². The molecule has 123 valence electrons. The van der Waals surface area contributed by atoms with E-state index >= 15 is 0 Å². The molecule has 0 bridgehead atoms. The van der Waals surface area contributed by atoms with E-state index in [2.05, 4.69) is 30.5 Å². The number of hydrogen-bond acceptors (Lipinski definition) is 5. The van der Waals surface area contributed by atoms with Crippen LogP contribution in [0.2, 0.25) is 0 Å². The quantitative estimate of drug-likeness (QED) is 0.160. The highest BCUT2D eigenvalue weighted by molar-refractivity contribution is 8.00. The summed E-state index contributed by atoms with van der Waals surface area (Å²) in [6, 6.07) is 0.440. The maximum atomic E-state index is 11.1. The Hall–Kier alpha value is -2.23. The Morgan fingerprint density at radius 3 is 2.65 bits per heavy atom. The highest BCUT2D eigenvalue weighted by Gasteiger charge is 2.42. The summed E-state index contributed by atoms with van der Waals surface area (Å²) in [5.74, 6) is 0.236. The van der Waals surface area contributed by atoms with Gasteiger partial charge in [-0.15, -0.1) is 10.1 Å². The molecule has 13 heteroatoms. The van der Waals surface area contributed by atoms with E-state index in [-0.39, 0.29) is 24.5 Å². The van der Waals surface area contributed by atoms with Crippen LogP contribution in [0.4, 0.5) is 4.79 Å². The van der Waals surface area contributed by atoms with Crippen molar-refractivity contribution >= 4 is 31.3 Å². The summed E-state index contributed by atoms with van der Waals surface area (Å²) in [6.07, 6.45) is 2.88. The number of carboxylic acid groups (broad SMARTS) is 1. The van der Waals surface area contributed by atoms with Crippen molar-refractivity contribution in [1.29, 1.82) is 0 Å². The van der Waals surface area contributed by atoms with Crippen LogP contribution in [0, 0.1) is 0 Å². The molecule has 0 aromatic carbocycles. The number of unbranched alkanes of at least 4 members (excludes halogenated alkanes) is 1. The molecule has 0 spiro atoms. The number of carboxylic acids is 1. The van der Waals surface area contributed by atoms with E-state index in [0.717, 1.165) is 32.6 Å². The lowest BCUT2D eigenvalue weighted by atomic mass is 10.0. The van der Waals surface area contributed by atoms with Crippen LogP contribution in [0.15, 0.2) is 10.1 Å². The molecule has 0 saturated carbocycles. The number of nitrogens with zero attached hydrogens (tertiary/aromatic N) is 6. The van der Waals surface area contributed by atoms with Crippen LogP contribution >= 0.6 is 11.8 Å². The number of hydrogen-bond donors (Lipinski definition) is 3. The van der Waals surface area contributed by atoms with Gasteiger partial charge in [0, 0.05) is 17.4 Å². The molecule has 2 saturated heterocycles. The van der Waals surface area contributed by atoms with E-state index in [0.29, 0.717) is 5.25 Å². The zero-order valence-electron chi connectivity index (χ0n) is 12.2. The van der Waals surface area contributed by atoms with E-state index in [9.17, 15) is 9.59 Å². The van der Waals surface area contributed by atoms with Crippen molar-refractivity contribution in [1.82, 2.24) is 10.6 Å². The summed E-state index contributed by atoms with van der Waals surface area (Å²) < 4.78 is 0. The minimum absolute atomic E-state index is 0.0640.